The predicted octanol–water partition coefficient (Wildman–Crippen LogP) is 2.96. The molecule has 1 saturated heterocycles. The van der Waals surface area contributed by atoms with Crippen LogP contribution in [0.1, 0.15) is 29.8 Å². The quantitative estimate of drug-likeness (QED) is 0.290. The zero-order valence-corrected chi connectivity index (χ0v) is 19.7. The van der Waals surface area contributed by atoms with E-state index in [1.54, 1.807) is 0 Å². The summed E-state index contributed by atoms with van der Waals surface area (Å²) in [7, 11) is 0. The number of carbonyl (C=O) groups excluding carboxylic acids is 1. The molecule has 1 unspecified atom stereocenters. The van der Waals surface area contributed by atoms with Crippen LogP contribution in [0.4, 0.5) is 4.79 Å². The molecule has 1 aromatic heterocycles. The predicted molar refractivity (Wildman–Crippen MR) is 131 cm³/mol. The summed E-state index contributed by atoms with van der Waals surface area (Å²) in [5.74, 6) is 0.593. The van der Waals surface area contributed by atoms with Gasteiger partial charge in [-0.3, -0.25) is 0 Å². The smallest absolute Gasteiger partial charge is 0.320 e. The fraction of sp³-hybridized carbons (Fsp3) is 0.385. The van der Waals surface area contributed by atoms with Gasteiger partial charge in [-0.2, -0.15) is 0 Å². The number of aromatic amines is 1. The van der Waals surface area contributed by atoms with Gasteiger partial charge in [-0.1, -0.05) is 72.8 Å². The van der Waals surface area contributed by atoms with Crippen molar-refractivity contribution in [1.82, 2.24) is 30.4 Å². The number of ether oxygens (including phenoxy) is 1. The highest BCUT2D eigenvalue weighted by atomic mass is 16.5. The summed E-state index contributed by atoms with van der Waals surface area (Å²) >= 11 is 0. The molecule has 1 fully saturated rings. The first-order chi connectivity index (χ1) is 17.2. The van der Waals surface area contributed by atoms with Gasteiger partial charge in [-0.15, -0.1) is 5.10 Å². The summed E-state index contributed by atoms with van der Waals surface area (Å²) in [6.07, 6.45) is 5.37. The fourth-order valence-electron chi connectivity index (χ4n) is 4.16. The molecular weight excluding hydrogens is 444 g/mol. The van der Waals surface area contributed by atoms with Crippen molar-refractivity contribution in [1.29, 1.82) is 0 Å². The van der Waals surface area contributed by atoms with E-state index in [-0.39, 0.29) is 12.1 Å². The fourth-order valence-corrected chi connectivity index (χ4v) is 4.16. The Morgan fingerprint density at radius 1 is 1.09 bits per heavy atom. The lowest BCUT2D eigenvalue weighted by molar-refractivity contribution is 0.109. The summed E-state index contributed by atoms with van der Waals surface area (Å²) in [6.45, 7) is 2.69. The van der Waals surface area contributed by atoms with Crippen LogP contribution >= 0.6 is 0 Å². The second-order valence-electron chi connectivity index (χ2n) is 8.66. The minimum atomic E-state index is -0.600. The van der Waals surface area contributed by atoms with Crippen molar-refractivity contribution in [2.45, 2.75) is 44.6 Å². The standard InChI is InChI=1S/C26H32N6O3/c33-24(17-21-9-3-1-4-10-21)14-13-23-19-31(18-22-11-5-2-6-12-22)26(34)32(23)15-7-8-16-35-20-25-27-29-30-28-25/h1-6,9-14,23-24,33H,7-8,15-20H2,(H,27,28,29,30)/b14-13+/t23-,24?/m0/s1. The highest BCUT2D eigenvalue weighted by Crippen LogP contribution is 2.21. The van der Waals surface area contributed by atoms with Crippen molar-refractivity contribution >= 4 is 6.03 Å². The van der Waals surface area contributed by atoms with Crippen LogP contribution < -0.4 is 0 Å². The summed E-state index contributed by atoms with van der Waals surface area (Å²) in [5, 5.41) is 24.0. The molecule has 2 heterocycles. The van der Waals surface area contributed by atoms with Crippen LogP contribution in [0.15, 0.2) is 72.8 Å². The molecule has 1 aliphatic rings. The number of tetrazole rings is 1. The number of hydrogen-bond donors (Lipinski definition) is 2. The molecule has 0 bridgehead atoms. The Hall–Kier alpha value is -3.56. The molecule has 9 nitrogen and oxygen atoms in total. The number of H-pyrrole nitrogens is 1. The van der Waals surface area contributed by atoms with Crippen LogP contribution in [-0.2, 0) is 24.3 Å². The molecule has 4 rings (SSSR count). The SMILES string of the molecule is O=C1N(Cc2ccccc2)C[C@H](/C=C/C(O)Cc2ccccc2)N1CCCCOCc1nnn[nH]1. The van der Waals surface area contributed by atoms with Crippen LogP contribution in [0.25, 0.3) is 0 Å². The van der Waals surface area contributed by atoms with Gasteiger partial charge >= 0.3 is 6.03 Å². The molecule has 1 aliphatic heterocycles. The van der Waals surface area contributed by atoms with Gasteiger partial charge in [0.25, 0.3) is 0 Å². The van der Waals surface area contributed by atoms with Crippen LogP contribution in [0, 0.1) is 0 Å². The maximum absolute atomic E-state index is 13.2. The number of unbranched alkanes of at least 4 members (excludes halogenated alkanes) is 1. The number of nitrogens with zero attached hydrogens (tertiary/aromatic N) is 5. The number of aliphatic hydroxyl groups excluding tert-OH is 1. The number of urea groups is 1. The van der Waals surface area contributed by atoms with Crippen molar-refractivity contribution < 1.29 is 14.6 Å². The Bertz CT molecular complexity index is 1050. The minimum Gasteiger partial charge on any atom is -0.389 e. The van der Waals surface area contributed by atoms with E-state index in [1.807, 2.05) is 82.6 Å². The Balaban J connectivity index is 1.32. The Morgan fingerprint density at radius 2 is 1.83 bits per heavy atom. The van der Waals surface area contributed by atoms with E-state index in [0.717, 1.165) is 24.0 Å². The summed E-state index contributed by atoms with van der Waals surface area (Å²) in [6, 6.07) is 19.9. The van der Waals surface area contributed by atoms with E-state index in [2.05, 4.69) is 20.6 Å². The minimum absolute atomic E-state index is 0.0229. The lowest BCUT2D eigenvalue weighted by Gasteiger charge is -2.21. The van der Waals surface area contributed by atoms with Gasteiger partial charge in [0.05, 0.1) is 12.1 Å². The number of amides is 2. The third-order valence-electron chi connectivity index (χ3n) is 5.95. The van der Waals surface area contributed by atoms with Gasteiger partial charge in [-0.05, 0) is 34.4 Å². The molecule has 0 saturated carbocycles. The second-order valence-corrected chi connectivity index (χ2v) is 8.66. The lowest BCUT2D eigenvalue weighted by atomic mass is 10.1. The van der Waals surface area contributed by atoms with Gasteiger partial charge in [0.1, 0.15) is 6.61 Å². The largest absolute Gasteiger partial charge is 0.389 e. The molecule has 0 radical (unpaired) electrons. The Labute approximate surface area is 205 Å². The maximum Gasteiger partial charge on any atom is 0.320 e. The number of aliphatic hydroxyl groups is 1. The van der Waals surface area contributed by atoms with Crippen LogP contribution in [0.3, 0.4) is 0 Å². The molecule has 0 spiro atoms. The van der Waals surface area contributed by atoms with E-state index >= 15 is 0 Å². The average Bonchev–Trinajstić information content (AvgIpc) is 3.50. The monoisotopic (exact) mass is 476 g/mol. The normalized spacial score (nSPS) is 16.9. The van der Waals surface area contributed by atoms with Crippen molar-refractivity contribution in [3.63, 3.8) is 0 Å². The number of carbonyl (C=O) groups is 1. The first-order valence-electron chi connectivity index (χ1n) is 12.0. The number of hydrogen-bond acceptors (Lipinski definition) is 6. The second kappa shape index (κ2) is 12.8. The summed E-state index contributed by atoms with van der Waals surface area (Å²) in [5.41, 5.74) is 2.18. The van der Waals surface area contributed by atoms with Gasteiger partial charge in [0, 0.05) is 32.7 Å². The third kappa shape index (κ3) is 7.46. The molecule has 9 heteroatoms. The van der Waals surface area contributed by atoms with E-state index in [4.69, 9.17) is 4.74 Å². The number of rotatable bonds is 13. The van der Waals surface area contributed by atoms with Crippen molar-refractivity contribution in [3.8, 4) is 0 Å². The maximum atomic E-state index is 13.2. The molecule has 2 atom stereocenters. The van der Waals surface area contributed by atoms with Crippen LogP contribution in [0.2, 0.25) is 0 Å². The first-order valence-corrected chi connectivity index (χ1v) is 12.0. The van der Waals surface area contributed by atoms with Crippen molar-refractivity contribution in [3.05, 3.63) is 89.8 Å². The molecule has 0 aliphatic carbocycles. The molecule has 2 amide bonds. The van der Waals surface area contributed by atoms with E-state index in [9.17, 15) is 9.90 Å². The molecule has 2 aromatic carbocycles. The van der Waals surface area contributed by atoms with Gasteiger partial charge < -0.3 is 19.6 Å². The molecule has 184 valence electrons. The van der Waals surface area contributed by atoms with Gasteiger partial charge in [0.2, 0.25) is 0 Å². The van der Waals surface area contributed by atoms with Gasteiger partial charge in [-0.25, -0.2) is 9.89 Å². The Kier molecular flexibility index (Phi) is 8.97. The highest BCUT2D eigenvalue weighted by molar-refractivity contribution is 5.77. The third-order valence-corrected chi connectivity index (χ3v) is 5.95. The van der Waals surface area contributed by atoms with E-state index in [0.29, 0.717) is 45.1 Å². The zero-order valence-electron chi connectivity index (χ0n) is 19.7. The average molecular weight is 477 g/mol. The zero-order chi connectivity index (χ0) is 24.3. The topological polar surface area (TPSA) is 107 Å². The molecule has 3 aromatic rings. The van der Waals surface area contributed by atoms with Crippen LogP contribution in [-0.4, -0.2) is 73.4 Å². The Morgan fingerprint density at radius 3 is 2.54 bits per heavy atom. The molecular formula is C26H32N6O3. The summed E-state index contributed by atoms with van der Waals surface area (Å²) < 4.78 is 5.60. The van der Waals surface area contributed by atoms with Gasteiger partial charge in [0.15, 0.2) is 5.82 Å². The van der Waals surface area contributed by atoms with E-state index in [1.165, 1.54) is 0 Å². The molecule has 2 N–H and O–H groups in total. The lowest BCUT2D eigenvalue weighted by Crippen LogP contribution is -2.35. The number of benzene rings is 2. The number of aromatic nitrogens is 4. The first kappa shape index (κ1) is 24.6. The van der Waals surface area contributed by atoms with Crippen molar-refractivity contribution in [2.75, 3.05) is 19.7 Å². The highest BCUT2D eigenvalue weighted by Gasteiger charge is 2.35. The van der Waals surface area contributed by atoms with E-state index < -0.39 is 6.10 Å². The van der Waals surface area contributed by atoms with Crippen molar-refractivity contribution in [2.24, 2.45) is 0 Å². The van der Waals surface area contributed by atoms with Crippen LogP contribution in [0.5, 0.6) is 0 Å². The number of nitrogens with one attached hydrogen (secondary N) is 1. The molecule has 35 heavy (non-hydrogen) atoms. The summed E-state index contributed by atoms with van der Waals surface area (Å²) in [4.78, 5) is 17.0.